The van der Waals surface area contributed by atoms with Crippen LogP contribution in [0.1, 0.15) is 33.4 Å². The Hall–Kier alpha value is -3.86. The van der Waals surface area contributed by atoms with Crippen LogP contribution in [0, 0.1) is 34.6 Å². The molecule has 1 heterocycles. The molecule has 0 atom stereocenters. The van der Waals surface area contributed by atoms with Gasteiger partial charge in [-0.3, -0.25) is 9.59 Å². The number of nitrogens with zero attached hydrogens (tertiary/aromatic N) is 1. The Morgan fingerprint density at radius 3 is 2.03 bits per heavy atom. The van der Waals surface area contributed by atoms with Crippen LogP contribution in [0.4, 0.5) is 11.4 Å². The quantitative estimate of drug-likeness (QED) is 0.522. The van der Waals surface area contributed by atoms with Gasteiger partial charge in [-0.15, -0.1) is 0 Å². The smallest absolute Gasteiger partial charge is 0.282 e. The monoisotopic (exact) mass is 440 g/mol. The number of rotatable bonds is 5. The third kappa shape index (κ3) is 4.02. The number of methoxy groups -OCH3 is 1. The van der Waals surface area contributed by atoms with E-state index < -0.39 is 5.91 Å². The van der Waals surface area contributed by atoms with Crippen LogP contribution in [0.3, 0.4) is 0 Å². The van der Waals surface area contributed by atoms with E-state index in [2.05, 4.69) is 5.32 Å². The van der Waals surface area contributed by atoms with Gasteiger partial charge in [0.05, 0.1) is 18.4 Å². The van der Waals surface area contributed by atoms with Crippen molar-refractivity contribution in [2.24, 2.45) is 0 Å². The Morgan fingerprint density at radius 1 is 0.727 bits per heavy atom. The summed E-state index contributed by atoms with van der Waals surface area (Å²) in [6.45, 7) is 9.99. The molecule has 3 aromatic carbocycles. The van der Waals surface area contributed by atoms with Crippen molar-refractivity contribution >= 4 is 28.8 Å². The second kappa shape index (κ2) is 8.58. The number of hydrogen-bond acceptors (Lipinski definition) is 4. The average molecular weight is 441 g/mol. The Bertz CT molecular complexity index is 1320. The molecule has 0 unspecified atom stereocenters. The minimum absolute atomic E-state index is 0.259. The fourth-order valence-corrected chi connectivity index (χ4v) is 3.97. The SMILES string of the molecule is COc1ccc(C)cc1N1C(=O)C(Nc2ccc(C)c(C)c2)=C(c2ccc(C)c(C)c2)C1=O. The normalized spacial score (nSPS) is 13.7. The molecule has 0 saturated carbocycles. The highest BCUT2D eigenvalue weighted by Gasteiger charge is 2.41. The van der Waals surface area contributed by atoms with Crippen molar-refractivity contribution in [1.29, 1.82) is 0 Å². The van der Waals surface area contributed by atoms with E-state index in [-0.39, 0.29) is 11.6 Å². The van der Waals surface area contributed by atoms with Crippen LogP contribution in [0.15, 0.2) is 60.3 Å². The largest absolute Gasteiger partial charge is 0.495 e. The van der Waals surface area contributed by atoms with Gasteiger partial charge in [0.2, 0.25) is 0 Å². The van der Waals surface area contributed by atoms with Gasteiger partial charge in [-0.2, -0.15) is 0 Å². The molecule has 0 aromatic heterocycles. The third-order valence-corrected chi connectivity index (χ3v) is 6.23. The molecule has 4 rings (SSSR count). The molecule has 3 aromatic rings. The highest BCUT2D eigenvalue weighted by molar-refractivity contribution is 6.46. The van der Waals surface area contributed by atoms with E-state index in [1.807, 2.05) is 77.1 Å². The van der Waals surface area contributed by atoms with Crippen LogP contribution in [0.5, 0.6) is 5.75 Å². The first-order chi connectivity index (χ1) is 15.7. The lowest BCUT2D eigenvalue weighted by molar-refractivity contribution is -0.120. The molecule has 0 radical (unpaired) electrons. The maximum absolute atomic E-state index is 13.8. The van der Waals surface area contributed by atoms with Crippen molar-refractivity contribution in [1.82, 2.24) is 0 Å². The summed E-state index contributed by atoms with van der Waals surface area (Å²) in [7, 11) is 1.53. The lowest BCUT2D eigenvalue weighted by Crippen LogP contribution is -2.32. The zero-order chi connectivity index (χ0) is 23.9. The fourth-order valence-electron chi connectivity index (χ4n) is 3.97. The van der Waals surface area contributed by atoms with Crippen LogP contribution in [-0.2, 0) is 9.59 Å². The Balaban J connectivity index is 1.88. The van der Waals surface area contributed by atoms with Gasteiger partial charge in [0, 0.05) is 5.69 Å². The number of aryl methyl sites for hydroxylation is 5. The predicted molar refractivity (Wildman–Crippen MR) is 133 cm³/mol. The number of carbonyl (C=O) groups excluding carboxylic acids is 2. The number of anilines is 2. The molecule has 0 aliphatic carbocycles. The van der Waals surface area contributed by atoms with Gasteiger partial charge in [-0.1, -0.05) is 30.3 Å². The van der Waals surface area contributed by atoms with Crippen molar-refractivity contribution in [3.63, 3.8) is 0 Å². The topological polar surface area (TPSA) is 58.6 Å². The van der Waals surface area contributed by atoms with Gasteiger partial charge in [0.1, 0.15) is 11.4 Å². The summed E-state index contributed by atoms with van der Waals surface area (Å²) in [5, 5.41) is 3.25. The molecule has 0 bridgehead atoms. The summed E-state index contributed by atoms with van der Waals surface area (Å²) in [5.41, 5.74) is 7.87. The molecule has 0 saturated heterocycles. The first-order valence-corrected chi connectivity index (χ1v) is 10.9. The number of hydrogen-bond donors (Lipinski definition) is 1. The Kier molecular flexibility index (Phi) is 5.81. The molecule has 33 heavy (non-hydrogen) atoms. The maximum atomic E-state index is 13.8. The highest BCUT2D eigenvalue weighted by atomic mass is 16.5. The van der Waals surface area contributed by atoms with Crippen LogP contribution in [-0.4, -0.2) is 18.9 Å². The van der Waals surface area contributed by atoms with Crippen molar-refractivity contribution in [2.45, 2.75) is 34.6 Å². The van der Waals surface area contributed by atoms with Crippen molar-refractivity contribution < 1.29 is 14.3 Å². The third-order valence-electron chi connectivity index (χ3n) is 6.23. The number of ether oxygens (including phenoxy) is 1. The molecule has 1 N–H and O–H groups in total. The van der Waals surface area contributed by atoms with Crippen LogP contribution in [0.2, 0.25) is 0 Å². The van der Waals surface area contributed by atoms with Gasteiger partial charge in [0.15, 0.2) is 0 Å². The second-order valence-corrected chi connectivity index (χ2v) is 8.59. The molecule has 2 amide bonds. The van der Waals surface area contributed by atoms with Gasteiger partial charge >= 0.3 is 0 Å². The first-order valence-electron chi connectivity index (χ1n) is 10.9. The Morgan fingerprint density at radius 2 is 1.39 bits per heavy atom. The predicted octanol–water partition coefficient (Wildman–Crippen LogP) is 5.63. The minimum atomic E-state index is -0.407. The number of carbonyl (C=O) groups is 2. The summed E-state index contributed by atoms with van der Waals surface area (Å²) >= 11 is 0. The number of nitrogens with one attached hydrogen (secondary N) is 1. The van der Waals surface area contributed by atoms with Gasteiger partial charge in [-0.25, -0.2) is 4.90 Å². The minimum Gasteiger partial charge on any atom is -0.495 e. The summed E-state index contributed by atoms with van der Waals surface area (Å²) in [4.78, 5) is 28.7. The molecule has 0 fully saturated rings. The van der Waals surface area contributed by atoms with E-state index in [9.17, 15) is 9.59 Å². The zero-order valence-electron chi connectivity index (χ0n) is 19.9. The first kappa shape index (κ1) is 22.3. The van der Waals surface area contributed by atoms with Crippen molar-refractivity contribution in [3.05, 3.63) is 93.7 Å². The van der Waals surface area contributed by atoms with Gasteiger partial charge in [-0.05, 0) is 92.3 Å². The number of benzene rings is 3. The van der Waals surface area contributed by atoms with E-state index in [1.165, 1.54) is 12.0 Å². The molecule has 5 nitrogen and oxygen atoms in total. The Labute approximate surface area is 194 Å². The van der Waals surface area contributed by atoms with Gasteiger partial charge in [0.25, 0.3) is 11.8 Å². The van der Waals surface area contributed by atoms with E-state index in [0.717, 1.165) is 33.5 Å². The summed E-state index contributed by atoms with van der Waals surface area (Å²) < 4.78 is 5.48. The standard InChI is InChI=1S/C28H28N2O3/c1-16-7-12-24(33-6)23(13-16)30-27(31)25(21-10-8-17(2)19(4)14-21)26(28(30)32)29-22-11-9-18(3)20(5)15-22/h7-15,29H,1-6H3. The van der Waals surface area contributed by atoms with Crippen molar-refractivity contribution in [3.8, 4) is 5.75 Å². The van der Waals surface area contributed by atoms with E-state index in [4.69, 9.17) is 4.74 Å². The van der Waals surface area contributed by atoms with Crippen LogP contribution < -0.4 is 15.0 Å². The molecular weight excluding hydrogens is 412 g/mol. The van der Waals surface area contributed by atoms with Crippen LogP contribution in [0.25, 0.3) is 5.57 Å². The van der Waals surface area contributed by atoms with E-state index in [0.29, 0.717) is 22.6 Å². The second-order valence-electron chi connectivity index (χ2n) is 8.59. The fraction of sp³-hybridized carbons (Fsp3) is 0.214. The lowest BCUT2D eigenvalue weighted by Gasteiger charge is -2.19. The molecule has 1 aliphatic rings. The van der Waals surface area contributed by atoms with E-state index in [1.54, 1.807) is 12.1 Å². The maximum Gasteiger partial charge on any atom is 0.282 e. The van der Waals surface area contributed by atoms with Gasteiger partial charge < -0.3 is 10.1 Å². The zero-order valence-corrected chi connectivity index (χ0v) is 19.9. The summed E-state index contributed by atoms with van der Waals surface area (Å²) in [5.74, 6) is -0.317. The molecular formula is C28H28N2O3. The molecule has 5 heteroatoms. The number of imide groups is 1. The lowest BCUT2D eigenvalue weighted by atomic mass is 9.99. The summed E-state index contributed by atoms with van der Waals surface area (Å²) in [6, 6.07) is 17.2. The summed E-state index contributed by atoms with van der Waals surface area (Å²) in [6.07, 6.45) is 0. The average Bonchev–Trinajstić information content (AvgIpc) is 3.02. The molecule has 168 valence electrons. The highest BCUT2D eigenvalue weighted by Crippen LogP contribution is 2.38. The van der Waals surface area contributed by atoms with Crippen LogP contribution >= 0.6 is 0 Å². The molecule has 0 spiro atoms. The number of amides is 2. The van der Waals surface area contributed by atoms with Crippen molar-refractivity contribution in [2.75, 3.05) is 17.3 Å². The van der Waals surface area contributed by atoms with E-state index >= 15 is 0 Å². The molecule has 1 aliphatic heterocycles.